The van der Waals surface area contributed by atoms with E-state index in [2.05, 4.69) is 10.6 Å². The van der Waals surface area contributed by atoms with Crippen molar-refractivity contribution in [2.24, 2.45) is 5.92 Å². The normalized spacial score (nSPS) is 21.5. The number of nitrogens with one attached hydrogen (secondary N) is 2. The topological polar surface area (TPSA) is 61.4 Å². The maximum atomic E-state index is 12.7. The summed E-state index contributed by atoms with van der Waals surface area (Å²) in [6, 6.07) is -0.329. The SMILES string of the molecule is CC(C)C(NC(=O)NC1CCCCC1)C(=O)N1CCCCC1. The van der Waals surface area contributed by atoms with E-state index in [1.807, 2.05) is 18.7 Å². The minimum absolute atomic E-state index is 0.0773. The van der Waals surface area contributed by atoms with Gasteiger partial charge in [-0.1, -0.05) is 33.1 Å². The third kappa shape index (κ3) is 4.89. The molecular formula is C17H31N3O2. The summed E-state index contributed by atoms with van der Waals surface area (Å²) in [4.78, 5) is 26.8. The summed E-state index contributed by atoms with van der Waals surface area (Å²) in [5.41, 5.74) is 0. The lowest BCUT2D eigenvalue weighted by atomic mass is 9.95. The fraction of sp³-hybridized carbons (Fsp3) is 0.882. The molecule has 1 saturated heterocycles. The van der Waals surface area contributed by atoms with Crippen LogP contribution >= 0.6 is 0 Å². The van der Waals surface area contributed by atoms with Gasteiger partial charge < -0.3 is 15.5 Å². The molecule has 1 aliphatic heterocycles. The van der Waals surface area contributed by atoms with Gasteiger partial charge in [-0.05, 0) is 38.0 Å². The van der Waals surface area contributed by atoms with Gasteiger partial charge in [0.2, 0.25) is 5.91 Å². The van der Waals surface area contributed by atoms with Crippen LogP contribution < -0.4 is 10.6 Å². The Morgan fingerprint density at radius 1 is 0.955 bits per heavy atom. The molecule has 1 saturated carbocycles. The van der Waals surface area contributed by atoms with Gasteiger partial charge in [0.1, 0.15) is 6.04 Å². The second-order valence-corrected chi connectivity index (χ2v) is 7.06. The molecule has 1 heterocycles. The Bertz CT molecular complexity index is 372. The summed E-state index contributed by atoms with van der Waals surface area (Å²) in [6.45, 7) is 5.64. The number of nitrogens with zero attached hydrogens (tertiary/aromatic N) is 1. The van der Waals surface area contributed by atoms with Crippen molar-refractivity contribution in [1.82, 2.24) is 15.5 Å². The third-order valence-electron chi connectivity index (χ3n) is 4.83. The average Bonchev–Trinajstić information content (AvgIpc) is 2.53. The molecule has 0 radical (unpaired) electrons. The average molecular weight is 309 g/mol. The van der Waals surface area contributed by atoms with Crippen LogP contribution in [0.4, 0.5) is 4.79 Å². The van der Waals surface area contributed by atoms with E-state index < -0.39 is 6.04 Å². The highest BCUT2D eigenvalue weighted by atomic mass is 16.2. The summed E-state index contributed by atoms with van der Waals surface area (Å²) in [5, 5.41) is 5.96. The van der Waals surface area contributed by atoms with Gasteiger partial charge in [0.15, 0.2) is 0 Å². The second-order valence-electron chi connectivity index (χ2n) is 7.06. The number of likely N-dealkylation sites (tertiary alicyclic amines) is 1. The Balaban J connectivity index is 1.86. The lowest BCUT2D eigenvalue weighted by Crippen LogP contribution is -2.55. The zero-order valence-corrected chi connectivity index (χ0v) is 14.1. The van der Waals surface area contributed by atoms with Gasteiger partial charge in [-0.2, -0.15) is 0 Å². The first-order valence-electron chi connectivity index (χ1n) is 8.93. The Labute approximate surface area is 134 Å². The van der Waals surface area contributed by atoms with E-state index in [1.54, 1.807) is 0 Å². The molecule has 2 rings (SSSR count). The van der Waals surface area contributed by atoms with E-state index >= 15 is 0 Å². The highest BCUT2D eigenvalue weighted by Gasteiger charge is 2.29. The molecule has 0 bridgehead atoms. The predicted molar refractivity (Wildman–Crippen MR) is 87.6 cm³/mol. The van der Waals surface area contributed by atoms with Crippen molar-refractivity contribution < 1.29 is 9.59 Å². The number of hydrogen-bond donors (Lipinski definition) is 2. The minimum atomic E-state index is -0.415. The van der Waals surface area contributed by atoms with E-state index in [0.717, 1.165) is 38.8 Å². The van der Waals surface area contributed by atoms with Gasteiger partial charge in [0.05, 0.1) is 0 Å². The van der Waals surface area contributed by atoms with Crippen LogP contribution in [0.3, 0.4) is 0 Å². The van der Waals surface area contributed by atoms with Crippen LogP contribution in [0, 0.1) is 5.92 Å². The Morgan fingerprint density at radius 2 is 1.55 bits per heavy atom. The van der Waals surface area contributed by atoms with Crippen molar-refractivity contribution in [3.05, 3.63) is 0 Å². The number of amides is 3. The van der Waals surface area contributed by atoms with Crippen molar-refractivity contribution in [3.63, 3.8) is 0 Å². The summed E-state index contributed by atoms with van der Waals surface area (Å²) >= 11 is 0. The molecule has 2 fully saturated rings. The van der Waals surface area contributed by atoms with Crippen LogP contribution in [0.1, 0.15) is 65.2 Å². The van der Waals surface area contributed by atoms with Crippen molar-refractivity contribution in [2.75, 3.05) is 13.1 Å². The first-order valence-corrected chi connectivity index (χ1v) is 8.93. The number of hydrogen-bond acceptors (Lipinski definition) is 2. The Morgan fingerprint density at radius 3 is 2.14 bits per heavy atom. The quantitative estimate of drug-likeness (QED) is 0.838. The zero-order valence-electron chi connectivity index (χ0n) is 14.1. The van der Waals surface area contributed by atoms with Crippen LogP contribution in [-0.2, 0) is 4.79 Å². The van der Waals surface area contributed by atoms with E-state index in [0.29, 0.717) is 0 Å². The summed E-state index contributed by atoms with van der Waals surface area (Å²) < 4.78 is 0. The van der Waals surface area contributed by atoms with Crippen molar-refractivity contribution in [3.8, 4) is 0 Å². The van der Waals surface area contributed by atoms with Gasteiger partial charge in [-0.25, -0.2) is 4.79 Å². The van der Waals surface area contributed by atoms with Crippen LogP contribution in [-0.4, -0.2) is 42.0 Å². The number of urea groups is 1. The second kappa shape index (κ2) is 8.39. The lowest BCUT2D eigenvalue weighted by molar-refractivity contribution is -0.135. The number of carbonyl (C=O) groups excluding carboxylic acids is 2. The lowest BCUT2D eigenvalue weighted by Gasteiger charge is -2.33. The van der Waals surface area contributed by atoms with Crippen LogP contribution in [0.2, 0.25) is 0 Å². The molecule has 3 amide bonds. The minimum Gasteiger partial charge on any atom is -0.341 e. The van der Waals surface area contributed by atoms with Crippen LogP contribution in [0.15, 0.2) is 0 Å². The molecule has 2 aliphatic rings. The largest absolute Gasteiger partial charge is 0.341 e. The van der Waals surface area contributed by atoms with E-state index in [9.17, 15) is 9.59 Å². The molecule has 5 heteroatoms. The van der Waals surface area contributed by atoms with Gasteiger partial charge >= 0.3 is 6.03 Å². The van der Waals surface area contributed by atoms with Gasteiger partial charge in [-0.15, -0.1) is 0 Å². The van der Waals surface area contributed by atoms with Crippen LogP contribution in [0.25, 0.3) is 0 Å². The monoisotopic (exact) mass is 309 g/mol. The smallest absolute Gasteiger partial charge is 0.315 e. The highest BCUT2D eigenvalue weighted by molar-refractivity contribution is 5.87. The maximum Gasteiger partial charge on any atom is 0.315 e. The predicted octanol–water partition coefficient (Wildman–Crippen LogP) is 2.66. The van der Waals surface area contributed by atoms with E-state index in [-0.39, 0.29) is 23.9 Å². The first-order chi connectivity index (χ1) is 10.6. The molecule has 1 atom stereocenters. The molecule has 1 aliphatic carbocycles. The van der Waals surface area contributed by atoms with Crippen molar-refractivity contribution >= 4 is 11.9 Å². The fourth-order valence-electron chi connectivity index (χ4n) is 3.44. The van der Waals surface area contributed by atoms with Crippen LogP contribution in [0.5, 0.6) is 0 Å². The Hall–Kier alpha value is -1.26. The molecule has 5 nitrogen and oxygen atoms in total. The first kappa shape index (κ1) is 17.1. The molecule has 22 heavy (non-hydrogen) atoms. The van der Waals surface area contributed by atoms with Gasteiger partial charge in [0, 0.05) is 19.1 Å². The van der Waals surface area contributed by atoms with E-state index in [4.69, 9.17) is 0 Å². The standard InChI is InChI=1S/C17H31N3O2/c1-13(2)15(16(21)20-11-7-4-8-12-20)19-17(22)18-14-9-5-3-6-10-14/h13-15H,3-12H2,1-2H3,(H2,18,19,22). The number of rotatable bonds is 4. The molecule has 0 aromatic carbocycles. The molecule has 126 valence electrons. The fourth-order valence-corrected chi connectivity index (χ4v) is 3.44. The van der Waals surface area contributed by atoms with E-state index in [1.165, 1.54) is 25.7 Å². The maximum absolute atomic E-state index is 12.7. The Kier molecular flexibility index (Phi) is 6.52. The third-order valence-corrected chi connectivity index (χ3v) is 4.83. The highest BCUT2D eigenvalue weighted by Crippen LogP contribution is 2.17. The van der Waals surface area contributed by atoms with Crippen molar-refractivity contribution in [2.45, 2.75) is 77.3 Å². The molecule has 2 N–H and O–H groups in total. The molecule has 0 spiro atoms. The zero-order chi connectivity index (χ0) is 15.9. The van der Waals surface area contributed by atoms with Crippen molar-refractivity contribution in [1.29, 1.82) is 0 Å². The number of piperidine rings is 1. The van der Waals surface area contributed by atoms with Gasteiger partial charge in [0.25, 0.3) is 0 Å². The molecule has 0 aromatic rings. The van der Waals surface area contributed by atoms with Gasteiger partial charge in [-0.3, -0.25) is 4.79 Å². The number of carbonyl (C=O) groups is 2. The summed E-state index contributed by atoms with van der Waals surface area (Å²) in [6.07, 6.45) is 9.10. The molecule has 0 aromatic heterocycles. The molecular weight excluding hydrogens is 278 g/mol. The summed E-state index contributed by atoms with van der Waals surface area (Å²) in [7, 11) is 0. The summed E-state index contributed by atoms with van der Waals surface area (Å²) in [5.74, 6) is 0.181. The molecule has 1 unspecified atom stereocenters.